The van der Waals surface area contributed by atoms with E-state index in [1.54, 1.807) is 36.8 Å². The van der Waals surface area contributed by atoms with Gasteiger partial charge in [-0.2, -0.15) is 5.10 Å². The average Bonchev–Trinajstić information content (AvgIpc) is 3.04. The summed E-state index contributed by atoms with van der Waals surface area (Å²) in [5.74, 6) is 0.118. The predicted molar refractivity (Wildman–Crippen MR) is 83.8 cm³/mol. The van der Waals surface area contributed by atoms with Gasteiger partial charge in [0.2, 0.25) is 11.9 Å². The molecule has 116 valence electrons. The molecule has 0 bridgehead atoms. The van der Waals surface area contributed by atoms with Gasteiger partial charge in [-0.25, -0.2) is 14.6 Å². The van der Waals surface area contributed by atoms with Crippen molar-refractivity contribution in [3.8, 4) is 5.95 Å². The van der Waals surface area contributed by atoms with Crippen LogP contribution in [0.2, 0.25) is 0 Å². The van der Waals surface area contributed by atoms with Gasteiger partial charge < -0.3 is 10.4 Å². The van der Waals surface area contributed by atoms with Crippen LogP contribution in [-0.4, -0.2) is 30.8 Å². The van der Waals surface area contributed by atoms with E-state index in [0.717, 1.165) is 0 Å². The summed E-state index contributed by atoms with van der Waals surface area (Å²) in [7, 11) is 0. The summed E-state index contributed by atoms with van der Waals surface area (Å²) in [5, 5.41) is 16.8. The molecule has 0 aliphatic heterocycles. The largest absolute Gasteiger partial charge is 0.388 e. The molecule has 1 aromatic carbocycles. The van der Waals surface area contributed by atoms with E-state index in [1.807, 2.05) is 18.2 Å². The molecule has 2 aromatic heterocycles. The molecular weight excluding hydrogens is 294 g/mol. The zero-order valence-electron chi connectivity index (χ0n) is 12.2. The first-order valence-corrected chi connectivity index (χ1v) is 7.07. The number of nitrogens with zero attached hydrogens (tertiary/aromatic N) is 4. The lowest BCUT2D eigenvalue weighted by molar-refractivity contribution is -0.118. The molecule has 23 heavy (non-hydrogen) atoms. The highest BCUT2D eigenvalue weighted by Crippen LogP contribution is 2.17. The van der Waals surface area contributed by atoms with E-state index in [2.05, 4.69) is 20.4 Å². The molecule has 3 rings (SSSR count). The summed E-state index contributed by atoms with van der Waals surface area (Å²) in [6.07, 6.45) is 5.46. The van der Waals surface area contributed by atoms with Gasteiger partial charge in [-0.1, -0.05) is 30.3 Å². The zero-order chi connectivity index (χ0) is 16.1. The Morgan fingerprint density at radius 1 is 1.17 bits per heavy atom. The van der Waals surface area contributed by atoms with Crippen LogP contribution < -0.4 is 5.32 Å². The van der Waals surface area contributed by atoms with Crippen molar-refractivity contribution in [2.75, 3.05) is 5.32 Å². The Bertz CT molecular complexity index is 773. The third kappa shape index (κ3) is 3.78. The van der Waals surface area contributed by atoms with Crippen LogP contribution in [0.5, 0.6) is 0 Å². The van der Waals surface area contributed by atoms with Crippen molar-refractivity contribution in [1.29, 1.82) is 0 Å². The first kappa shape index (κ1) is 14.9. The van der Waals surface area contributed by atoms with Crippen LogP contribution in [0.3, 0.4) is 0 Å². The highest BCUT2D eigenvalue weighted by molar-refractivity contribution is 5.90. The number of benzene rings is 1. The molecule has 0 saturated heterocycles. The molecule has 0 aliphatic carbocycles. The number of hydrogen-bond donors (Lipinski definition) is 2. The molecular formula is C16H15N5O2. The maximum absolute atomic E-state index is 12.0. The Morgan fingerprint density at radius 2 is 1.91 bits per heavy atom. The highest BCUT2D eigenvalue weighted by Gasteiger charge is 2.13. The predicted octanol–water partition coefficient (Wildman–Crippen LogP) is 1.72. The van der Waals surface area contributed by atoms with E-state index >= 15 is 0 Å². The van der Waals surface area contributed by atoms with Crippen LogP contribution in [0.4, 0.5) is 5.69 Å². The Kier molecular flexibility index (Phi) is 4.39. The summed E-state index contributed by atoms with van der Waals surface area (Å²) >= 11 is 0. The van der Waals surface area contributed by atoms with Gasteiger partial charge in [0.1, 0.15) is 0 Å². The molecule has 1 unspecified atom stereocenters. The number of amides is 1. The van der Waals surface area contributed by atoms with Gasteiger partial charge in [-0.05, 0) is 11.6 Å². The van der Waals surface area contributed by atoms with E-state index in [-0.39, 0.29) is 12.3 Å². The number of aromatic nitrogens is 4. The van der Waals surface area contributed by atoms with Gasteiger partial charge in [0.15, 0.2) is 0 Å². The summed E-state index contributed by atoms with van der Waals surface area (Å²) in [6.45, 7) is 0. The summed E-state index contributed by atoms with van der Waals surface area (Å²) in [6, 6.07) is 10.8. The van der Waals surface area contributed by atoms with Crippen molar-refractivity contribution in [1.82, 2.24) is 19.7 Å². The Hall–Kier alpha value is -3.06. The standard InChI is InChI=1S/C16H15N5O2/c22-14(12-5-2-1-3-6-12)9-15(23)20-13-10-19-21(11-13)16-17-7-4-8-18-16/h1-8,10-11,14,22H,9H2,(H,20,23). The van der Waals surface area contributed by atoms with Crippen molar-refractivity contribution in [3.63, 3.8) is 0 Å². The second-order valence-corrected chi connectivity index (χ2v) is 4.90. The van der Waals surface area contributed by atoms with Crippen molar-refractivity contribution < 1.29 is 9.90 Å². The van der Waals surface area contributed by atoms with Gasteiger partial charge in [0, 0.05) is 12.4 Å². The molecule has 0 fully saturated rings. The van der Waals surface area contributed by atoms with Gasteiger partial charge in [0.25, 0.3) is 0 Å². The molecule has 2 heterocycles. The normalized spacial score (nSPS) is 11.9. The zero-order valence-corrected chi connectivity index (χ0v) is 12.2. The van der Waals surface area contributed by atoms with E-state index in [9.17, 15) is 9.90 Å². The van der Waals surface area contributed by atoms with Gasteiger partial charge >= 0.3 is 0 Å². The minimum atomic E-state index is -0.844. The number of carbonyl (C=O) groups is 1. The lowest BCUT2D eigenvalue weighted by atomic mass is 10.1. The number of anilines is 1. The number of carbonyl (C=O) groups excluding carboxylic acids is 1. The minimum Gasteiger partial charge on any atom is -0.388 e. The lowest BCUT2D eigenvalue weighted by Crippen LogP contribution is -2.15. The minimum absolute atomic E-state index is 0.0307. The molecule has 7 heteroatoms. The second kappa shape index (κ2) is 6.80. The van der Waals surface area contributed by atoms with Gasteiger partial charge in [-0.3, -0.25) is 4.79 Å². The fourth-order valence-corrected chi connectivity index (χ4v) is 2.09. The third-order valence-corrected chi connectivity index (χ3v) is 3.19. The van der Waals surface area contributed by atoms with Crippen molar-refractivity contribution in [3.05, 3.63) is 66.7 Å². The topological polar surface area (TPSA) is 92.9 Å². The van der Waals surface area contributed by atoms with Crippen LogP contribution in [0.25, 0.3) is 5.95 Å². The lowest BCUT2D eigenvalue weighted by Gasteiger charge is -2.10. The van der Waals surface area contributed by atoms with E-state index in [0.29, 0.717) is 17.2 Å². The van der Waals surface area contributed by atoms with E-state index in [1.165, 1.54) is 10.9 Å². The van der Waals surface area contributed by atoms with Crippen molar-refractivity contribution >= 4 is 11.6 Å². The molecule has 0 aliphatic rings. The molecule has 1 amide bonds. The summed E-state index contributed by atoms with van der Waals surface area (Å²) in [5.41, 5.74) is 1.22. The molecule has 0 saturated carbocycles. The average molecular weight is 309 g/mol. The smallest absolute Gasteiger partial charge is 0.250 e. The summed E-state index contributed by atoms with van der Waals surface area (Å²) < 4.78 is 1.46. The number of rotatable bonds is 5. The quantitative estimate of drug-likeness (QED) is 0.748. The molecule has 7 nitrogen and oxygen atoms in total. The monoisotopic (exact) mass is 309 g/mol. The first-order chi connectivity index (χ1) is 11.2. The van der Waals surface area contributed by atoms with Crippen molar-refractivity contribution in [2.24, 2.45) is 0 Å². The van der Waals surface area contributed by atoms with Crippen LogP contribution in [0.1, 0.15) is 18.1 Å². The van der Waals surface area contributed by atoms with Crippen LogP contribution in [0.15, 0.2) is 61.2 Å². The molecule has 1 atom stereocenters. The number of aliphatic hydroxyl groups excluding tert-OH is 1. The fourth-order valence-electron chi connectivity index (χ4n) is 2.09. The number of hydrogen-bond acceptors (Lipinski definition) is 5. The summed E-state index contributed by atoms with van der Waals surface area (Å²) in [4.78, 5) is 20.1. The van der Waals surface area contributed by atoms with Gasteiger partial charge in [-0.15, -0.1) is 0 Å². The Balaban J connectivity index is 1.61. The second-order valence-electron chi connectivity index (χ2n) is 4.90. The van der Waals surface area contributed by atoms with E-state index in [4.69, 9.17) is 0 Å². The van der Waals surface area contributed by atoms with Crippen LogP contribution in [-0.2, 0) is 4.79 Å². The molecule has 2 N–H and O–H groups in total. The van der Waals surface area contributed by atoms with Crippen molar-refractivity contribution in [2.45, 2.75) is 12.5 Å². The Labute approximate surface area is 132 Å². The Morgan fingerprint density at radius 3 is 2.65 bits per heavy atom. The maximum Gasteiger partial charge on any atom is 0.250 e. The number of nitrogens with one attached hydrogen (secondary N) is 1. The number of aliphatic hydroxyl groups is 1. The third-order valence-electron chi connectivity index (χ3n) is 3.19. The fraction of sp³-hybridized carbons (Fsp3) is 0.125. The van der Waals surface area contributed by atoms with Crippen LogP contribution in [0, 0.1) is 0 Å². The van der Waals surface area contributed by atoms with Gasteiger partial charge in [0.05, 0.1) is 30.6 Å². The van der Waals surface area contributed by atoms with Crippen LogP contribution >= 0.6 is 0 Å². The first-order valence-electron chi connectivity index (χ1n) is 7.07. The molecule has 3 aromatic rings. The van der Waals surface area contributed by atoms with E-state index < -0.39 is 6.10 Å². The maximum atomic E-state index is 12.0. The SMILES string of the molecule is O=C(CC(O)c1ccccc1)Nc1cnn(-c2ncccn2)c1. The molecule has 0 radical (unpaired) electrons. The highest BCUT2D eigenvalue weighted by atomic mass is 16.3. The molecule has 0 spiro atoms.